The van der Waals surface area contributed by atoms with Gasteiger partial charge in [0, 0.05) is 12.6 Å². The molecule has 3 rings (SSSR count). The summed E-state index contributed by atoms with van der Waals surface area (Å²) in [5.74, 6) is -0.303. The lowest BCUT2D eigenvalue weighted by molar-refractivity contribution is -0.139. The van der Waals surface area contributed by atoms with Gasteiger partial charge >= 0.3 is 0 Å². The zero-order valence-corrected chi connectivity index (χ0v) is 25.0. The number of para-hydroxylation sites is 1. The maximum Gasteiger partial charge on any atom is 0.264 e. The average Bonchev–Trinajstić information content (AvgIpc) is 2.94. The molecule has 0 radical (unpaired) electrons. The van der Waals surface area contributed by atoms with Crippen molar-refractivity contribution < 1.29 is 22.7 Å². The first-order valence-corrected chi connectivity index (χ1v) is 14.9. The number of anilines is 1. The Labute approximate surface area is 241 Å². The number of carbonyl (C=O) groups is 2. The van der Waals surface area contributed by atoms with E-state index in [9.17, 15) is 18.0 Å². The number of amides is 2. The maximum absolute atomic E-state index is 14.0. The summed E-state index contributed by atoms with van der Waals surface area (Å²) in [7, 11) is -2.65. The Kier molecular flexibility index (Phi) is 10.6. The Balaban J connectivity index is 2.04. The molecule has 3 aromatic carbocycles. The summed E-state index contributed by atoms with van der Waals surface area (Å²) in [6.07, 6.45) is 0.720. The SMILES string of the molecule is CC[C@H](C)NC(=O)[C@H](C)N(Cc1cccc(OC)c1)C(=O)CN(c1ccccc1Cl)S(=O)(=O)c1ccc(C)cc1. The molecule has 0 fully saturated rings. The van der Waals surface area contributed by atoms with Crippen molar-refractivity contribution in [3.8, 4) is 5.75 Å². The number of carbonyl (C=O) groups excluding carboxylic acids is 2. The van der Waals surface area contributed by atoms with E-state index in [1.54, 1.807) is 68.6 Å². The van der Waals surface area contributed by atoms with Gasteiger partial charge in [0.1, 0.15) is 18.3 Å². The van der Waals surface area contributed by atoms with Gasteiger partial charge < -0.3 is 15.0 Å². The molecule has 0 bridgehead atoms. The van der Waals surface area contributed by atoms with Gasteiger partial charge in [0.15, 0.2) is 0 Å². The van der Waals surface area contributed by atoms with Crippen molar-refractivity contribution in [1.82, 2.24) is 10.2 Å². The molecule has 0 aliphatic heterocycles. The van der Waals surface area contributed by atoms with Crippen molar-refractivity contribution in [2.24, 2.45) is 0 Å². The topological polar surface area (TPSA) is 96.0 Å². The van der Waals surface area contributed by atoms with Crippen LogP contribution in [0, 0.1) is 6.92 Å². The lowest BCUT2D eigenvalue weighted by Gasteiger charge is -2.32. The Bertz CT molecular complexity index is 1430. The highest BCUT2D eigenvalue weighted by atomic mass is 35.5. The fourth-order valence-electron chi connectivity index (χ4n) is 4.02. The van der Waals surface area contributed by atoms with Gasteiger partial charge in [-0.2, -0.15) is 0 Å². The van der Waals surface area contributed by atoms with Crippen molar-refractivity contribution in [3.63, 3.8) is 0 Å². The lowest BCUT2D eigenvalue weighted by Crippen LogP contribution is -2.52. The predicted octanol–water partition coefficient (Wildman–Crippen LogP) is 5.18. The van der Waals surface area contributed by atoms with E-state index in [2.05, 4.69) is 5.32 Å². The van der Waals surface area contributed by atoms with E-state index < -0.39 is 28.5 Å². The molecular weight excluding hydrogens is 550 g/mol. The molecule has 10 heteroatoms. The Morgan fingerprint density at radius 1 is 1.00 bits per heavy atom. The summed E-state index contributed by atoms with van der Waals surface area (Å²) in [6.45, 7) is 6.81. The van der Waals surface area contributed by atoms with E-state index >= 15 is 0 Å². The molecule has 0 aromatic heterocycles. The third kappa shape index (κ3) is 7.55. The number of rotatable bonds is 12. The summed E-state index contributed by atoms with van der Waals surface area (Å²) in [4.78, 5) is 28.5. The van der Waals surface area contributed by atoms with Crippen LogP contribution in [0.1, 0.15) is 38.3 Å². The maximum atomic E-state index is 14.0. The number of nitrogens with one attached hydrogen (secondary N) is 1. The Morgan fingerprint density at radius 3 is 2.30 bits per heavy atom. The van der Waals surface area contributed by atoms with Crippen molar-refractivity contribution in [1.29, 1.82) is 0 Å². The van der Waals surface area contributed by atoms with Crippen LogP contribution >= 0.6 is 11.6 Å². The summed E-state index contributed by atoms with van der Waals surface area (Å²) < 4.78 is 34.1. The fourth-order valence-corrected chi connectivity index (χ4v) is 5.74. The minimum absolute atomic E-state index is 0.0210. The van der Waals surface area contributed by atoms with Gasteiger partial charge in [-0.05, 0) is 69.2 Å². The van der Waals surface area contributed by atoms with Crippen LogP contribution in [0.15, 0.2) is 77.7 Å². The van der Waals surface area contributed by atoms with Gasteiger partial charge in [-0.3, -0.25) is 13.9 Å². The molecule has 0 aliphatic carbocycles. The second kappa shape index (κ2) is 13.7. The number of aryl methyl sites for hydroxylation is 1. The highest BCUT2D eigenvalue weighted by Gasteiger charge is 2.33. The van der Waals surface area contributed by atoms with Crippen LogP contribution in [0.3, 0.4) is 0 Å². The smallest absolute Gasteiger partial charge is 0.264 e. The number of nitrogens with zero attached hydrogens (tertiary/aromatic N) is 2. The standard InChI is InChI=1S/C30H36ClN3O5S/c1-6-22(3)32-30(36)23(4)33(19-24-10-9-11-25(18-24)39-5)29(35)20-34(28-13-8-7-12-27(28)31)40(37,38)26-16-14-21(2)15-17-26/h7-18,22-23H,6,19-20H2,1-5H3,(H,32,36)/t22-,23-/m0/s1. The monoisotopic (exact) mass is 585 g/mol. The minimum atomic E-state index is -4.19. The molecule has 2 amide bonds. The average molecular weight is 586 g/mol. The molecular formula is C30H36ClN3O5S. The summed E-state index contributed by atoms with van der Waals surface area (Å²) in [5, 5.41) is 3.09. The Hall–Kier alpha value is -3.56. The largest absolute Gasteiger partial charge is 0.497 e. The van der Waals surface area contributed by atoms with Crippen LogP contribution in [0.2, 0.25) is 5.02 Å². The van der Waals surface area contributed by atoms with Gasteiger partial charge in [-0.1, -0.05) is 60.5 Å². The van der Waals surface area contributed by atoms with Gasteiger partial charge in [-0.15, -0.1) is 0 Å². The molecule has 2 atom stereocenters. The molecule has 40 heavy (non-hydrogen) atoms. The van der Waals surface area contributed by atoms with Gasteiger partial charge in [0.25, 0.3) is 10.0 Å². The molecule has 0 unspecified atom stereocenters. The quantitative estimate of drug-likeness (QED) is 0.316. The van der Waals surface area contributed by atoms with Crippen LogP contribution in [0.5, 0.6) is 5.75 Å². The number of ether oxygens (including phenoxy) is 1. The van der Waals surface area contributed by atoms with E-state index in [4.69, 9.17) is 16.3 Å². The second-order valence-electron chi connectivity index (χ2n) is 9.64. The van der Waals surface area contributed by atoms with E-state index in [-0.39, 0.29) is 34.1 Å². The number of hydrogen-bond donors (Lipinski definition) is 1. The molecule has 3 aromatic rings. The van der Waals surface area contributed by atoms with Crippen molar-refractivity contribution >= 4 is 39.1 Å². The molecule has 0 saturated carbocycles. The first kappa shape index (κ1) is 31.0. The van der Waals surface area contributed by atoms with Gasteiger partial charge in [-0.25, -0.2) is 8.42 Å². The molecule has 0 heterocycles. The van der Waals surface area contributed by atoms with E-state index in [1.807, 2.05) is 26.8 Å². The predicted molar refractivity (Wildman–Crippen MR) is 158 cm³/mol. The molecule has 0 aliphatic rings. The number of halogens is 1. The first-order chi connectivity index (χ1) is 19.0. The third-order valence-corrected chi connectivity index (χ3v) is 8.76. The number of benzene rings is 3. The fraction of sp³-hybridized carbons (Fsp3) is 0.333. The number of sulfonamides is 1. The normalized spacial score (nSPS) is 12.8. The van der Waals surface area contributed by atoms with Crippen LogP contribution in [-0.4, -0.2) is 50.9 Å². The lowest BCUT2D eigenvalue weighted by atomic mass is 10.1. The number of hydrogen-bond acceptors (Lipinski definition) is 5. The molecule has 214 valence electrons. The zero-order valence-electron chi connectivity index (χ0n) is 23.4. The second-order valence-corrected chi connectivity index (χ2v) is 11.9. The molecule has 0 saturated heterocycles. The minimum Gasteiger partial charge on any atom is -0.497 e. The van der Waals surface area contributed by atoms with Gasteiger partial charge in [0.05, 0.1) is 22.7 Å². The highest BCUT2D eigenvalue weighted by molar-refractivity contribution is 7.92. The van der Waals surface area contributed by atoms with Gasteiger partial charge in [0.2, 0.25) is 11.8 Å². The molecule has 0 spiro atoms. The zero-order chi connectivity index (χ0) is 29.4. The van der Waals surface area contributed by atoms with Crippen molar-refractivity contribution in [2.75, 3.05) is 18.0 Å². The van der Waals surface area contributed by atoms with Crippen molar-refractivity contribution in [2.45, 2.75) is 57.6 Å². The van der Waals surface area contributed by atoms with Crippen LogP contribution in [0.4, 0.5) is 5.69 Å². The Morgan fingerprint density at radius 2 is 1.68 bits per heavy atom. The van der Waals surface area contributed by atoms with Crippen LogP contribution in [0.25, 0.3) is 0 Å². The van der Waals surface area contributed by atoms with E-state index in [0.29, 0.717) is 5.75 Å². The third-order valence-electron chi connectivity index (χ3n) is 6.66. The summed E-state index contributed by atoms with van der Waals surface area (Å²) in [5.41, 5.74) is 1.78. The van der Waals surface area contributed by atoms with E-state index in [0.717, 1.165) is 21.9 Å². The van der Waals surface area contributed by atoms with Crippen LogP contribution < -0.4 is 14.4 Å². The first-order valence-electron chi connectivity index (χ1n) is 13.0. The van der Waals surface area contributed by atoms with Crippen LogP contribution in [-0.2, 0) is 26.2 Å². The highest BCUT2D eigenvalue weighted by Crippen LogP contribution is 2.31. The summed E-state index contributed by atoms with van der Waals surface area (Å²) in [6, 6.07) is 19.0. The van der Waals surface area contributed by atoms with E-state index in [1.165, 1.54) is 17.0 Å². The molecule has 8 nitrogen and oxygen atoms in total. The number of methoxy groups -OCH3 is 1. The summed E-state index contributed by atoms with van der Waals surface area (Å²) >= 11 is 6.44. The van der Waals surface area contributed by atoms with Crippen molar-refractivity contribution in [3.05, 3.63) is 88.9 Å². The molecule has 1 N–H and O–H groups in total.